The lowest BCUT2D eigenvalue weighted by molar-refractivity contribution is -0.219. The van der Waals surface area contributed by atoms with Gasteiger partial charge in [-0.25, -0.2) is 0 Å². The van der Waals surface area contributed by atoms with Crippen molar-refractivity contribution in [2.45, 2.75) is 144 Å². The van der Waals surface area contributed by atoms with Crippen LogP contribution in [0.3, 0.4) is 0 Å². The van der Waals surface area contributed by atoms with Crippen LogP contribution in [0.25, 0.3) is 5.57 Å². The van der Waals surface area contributed by atoms with Crippen LogP contribution < -0.4 is 5.32 Å². The third-order valence-electron chi connectivity index (χ3n) is 16.8. The van der Waals surface area contributed by atoms with E-state index in [2.05, 4.69) is 88.7 Å². The molecule has 5 fully saturated rings. The summed E-state index contributed by atoms with van der Waals surface area (Å²) >= 11 is 0. The smallest absolute Gasteiger partial charge is 0.181 e. The van der Waals surface area contributed by atoms with Gasteiger partial charge in [-0.2, -0.15) is 0 Å². The van der Waals surface area contributed by atoms with Crippen molar-refractivity contribution >= 4 is 5.57 Å². The number of allylic oxidation sites excluding steroid dienone is 3. The molecule has 0 amide bonds. The Morgan fingerprint density at radius 3 is 2.33 bits per heavy atom. The van der Waals surface area contributed by atoms with Crippen LogP contribution >= 0.6 is 0 Å². The molecule has 4 saturated carbocycles. The van der Waals surface area contributed by atoms with Gasteiger partial charge >= 0.3 is 0 Å². The van der Waals surface area contributed by atoms with E-state index in [-0.39, 0.29) is 11.0 Å². The highest BCUT2D eigenvalue weighted by atomic mass is 16.6. The quantitative estimate of drug-likeness (QED) is 0.152. The van der Waals surface area contributed by atoms with Crippen molar-refractivity contribution in [1.82, 2.24) is 10.2 Å². The molecule has 10 unspecified atom stereocenters. The van der Waals surface area contributed by atoms with Crippen LogP contribution in [0.4, 0.5) is 0 Å². The Morgan fingerprint density at radius 1 is 0.942 bits per heavy atom. The van der Waals surface area contributed by atoms with E-state index in [4.69, 9.17) is 9.47 Å². The Kier molecular flexibility index (Phi) is 10.4. The van der Waals surface area contributed by atoms with Gasteiger partial charge in [0.25, 0.3) is 0 Å². The van der Waals surface area contributed by atoms with Crippen LogP contribution in [0, 0.1) is 51.2 Å². The van der Waals surface area contributed by atoms with Crippen LogP contribution in [0.2, 0.25) is 0 Å². The predicted octanol–water partition coefficient (Wildman–Crippen LogP) is 10.2. The first-order valence-corrected chi connectivity index (χ1v) is 21.3. The minimum atomic E-state index is -0.908. The van der Waals surface area contributed by atoms with E-state index in [1.807, 2.05) is 20.8 Å². The van der Waals surface area contributed by atoms with Gasteiger partial charge in [-0.05, 0) is 167 Å². The number of rotatable bonds is 9. The van der Waals surface area contributed by atoms with Crippen LogP contribution in [-0.4, -0.2) is 60.5 Å². The second kappa shape index (κ2) is 13.9. The van der Waals surface area contributed by atoms with Crippen LogP contribution in [0.1, 0.15) is 144 Å². The summed E-state index contributed by atoms with van der Waals surface area (Å²) in [5.41, 5.74) is 6.01. The Bertz CT molecular complexity index is 1490. The third kappa shape index (κ3) is 6.43. The Morgan fingerprint density at radius 2 is 1.65 bits per heavy atom. The predicted molar refractivity (Wildman–Crippen MR) is 215 cm³/mol. The lowest BCUT2D eigenvalue weighted by Gasteiger charge is -2.72. The summed E-state index contributed by atoms with van der Waals surface area (Å²) in [4.78, 5) is 2.60. The standard InChI is InChI=1S/C47H74N2O3/c1-32(2)35-18-23-47(48-26-11-27-49-28-30-51-31-29-49)25-24-45(9)37(40(35)47)16-17-39-44(8)21-19-36(43(6,7)38(44)20-22-46(39,45)10)33-12-14-34(15-13-33)41(50)52-42(3,4)5/h12-15,19,35,37-41,48,50H,1,11,16-18,20-31H2,2-10H3. The summed E-state index contributed by atoms with van der Waals surface area (Å²) in [5.74, 6) is 3.51. The van der Waals surface area contributed by atoms with Gasteiger partial charge in [-0.3, -0.25) is 4.90 Å². The van der Waals surface area contributed by atoms with E-state index in [1.165, 1.54) is 87.5 Å². The normalized spacial score (nSPS) is 40.9. The van der Waals surface area contributed by atoms with Crippen LogP contribution in [0.5, 0.6) is 0 Å². The molecule has 0 bridgehead atoms. The number of nitrogens with one attached hydrogen (secondary N) is 1. The number of morpholine rings is 1. The fraction of sp³-hybridized carbons (Fsp3) is 0.787. The second-order valence-corrected chi connectivity index (χ2v) is 20.8. The maximum Gasteiger partial charge on any atom is 0.181 e. The fourth-order valence-corrected chi connectivity index (χ4v) is 14.2. The molecule has 10 atom stereocenters. The summed E-state index contributed by atoms with van der Waals surface area (Å²) in [7, 11) is 0. The Labute approximate surface area is 317 Å². The molecule has 7 rings (SSSR count). The Hall–Kier alpha value is -1.50. The number of benzene rings is 1. The Balaban J connectivity index is 1.12. The first-order valence-electron chi connectivity index (χ1n) is 21.3. The fourth-order valence-electron chi connectivity index (χ4n) is 14.2. The van der Waals surface area contributed by atoms with Gasteiger partial charge in [0.2, 0.25) is 0 Å². The maximum atomic E-state index is 10.7. The molecular weight excluding hydrogens is 641 g/mol. The van der Waals surface area contributed by atoms with Crippen molar-refractivity contribution < 1.29 is 14.6 Å². The highest BCUT2D eigenvalue weighted by Crippen LogP contribution is 2.76. The van der Waals surface area contributed by atoms with Crippen molar-refractivity contribution in [3.63, 3.8) is 0 Å². The summed E-state index contributed by atoms with van der Waals surface area (Å²) in [6.45, 7) is 32.6. The molecule has 0 spiro atoms. The lowest BCUT2D eigenvalue weighted by Crippen LogP contribution is -2.68. The average molecular weight is 715 g/mol. The molecule has 5 heteroatoms. The van der Waals surface area contributed by atoms with Gasteiger partial charge in [-0.15, -0.1) is 0 Å². The minimum absolute atomic E-state index is 0.0808. The SMILES string of the molecule is C=C(C)C1CCC2(NCCCN3CCOCC3)CCC3(C)C(CCC4C5(C)CC=C(c6ccc(C(O)OC(C)(C)C)cc6)C(C)(C)C5CCC43C)C12. The highest BCUT2D eigenvalue weighted by Gasteiger charge is 2.70. The van der Waals surface area contributed by atoms with E-state index in [0.29, 0.717) is 34.0 Å². The largest absolute Gasteiger partial charge is 0.379 e. The molecule has 0 radical (unpaired) electrons. The molecule has 52 heavy (non-hydrogen) atoms. The van der Waals surface area contributed by atoms with Gasteiger partial charge in [0.05, 0.1) is 18.8 Å². The van der Waals surface area contributed by atoms with Crippen molar-refractivity contribution in [3.8, 4) is 0 Å². The monoisotopic (exact) mass is 715 g/mol. The van der Waals surface area contributed by atoms with Gasteiger partial charge in [0.15, 0.2) is 6.29 Å². The molecule has 5 nitrogen and oxygen atoms in total. The zero-order chi connectivity index (χ0) is 37.3. The third-order valence-corrected chi connectivity index (χ3v) is 16.8. The van der Waals surface area contributed by atoms with E-state index >= 15 is 0 Å². The molecule has 1 heterocycles. The first-order chi connectivity index (χ1) is 24.5. The topological polar surface area (TPSA) is 54.0 Å². The molecule has 1 aromatic rings. The van der Waals surface area contributed by atoms with Crippen molar-refractivity contribution in [2.75, 3.05) is 39.4 Å². The van der Waals surface area contributed by atoms with E-state index in [1.54, 1.807) is 0 Å². The molecule has 0 aromatic heterocycles. The lowest BCUT2D eigenvalue weighted by atomic mass is 9.33. The number of aliphatic hydroxyl groups is 1. The van der Waals surface area contributed by atoms with Crippen molar-refractivity contribution in [2.24, 2.45) is 51.2 Å². The van der Waals surface area contributed by atoms with Crippen LogP contribution in [-0.2, 0) is 9.47 Å². The molecule has 5 aliphatic carbocycles. The maximum absolute atomic E-state index is 10.7. The second-order valence-electron chi connectivity index (χ2n) is 20.8. The molecular formula is C47H74N2O3. The number of fused-ring (bicyclic) bond motifs is 7. The highest BCUT2D eigenvalue weighted by molar-refractivity contribution is 5.71. The minimum Gasteiger partial charge on any atom is -0.379 e. The average Bonchev–Trinajstić information content (AvgIpc) is 3.47. The molecule has 1 saturated heterocycles. The summed E-state index contributed by atoms with van der Waals surface area (Å²) in [6.07, 6.45) is 14.9. The molecule has 6 aliphatic rings. The van der Waals surface area contributed by atoms with E-state index in [0.717, 1.165) is 50.2 Å². The zero-order valence-electron chi connectivity index (χ0n) is 34.6. The molecule has 290 valence electrons. The molecule has 2 N–H and O–H groups in total. The number of hydrogen-bond acceptors (Lipinski definition) is 5. The molecule has 1 aliphatic heterocycles. The summed E-state index contributed by atoms with van der Waals surface area (Å²) < 4.78 is 11.5. The van der Waals surface area contributed by atoms with E-state index < -0.39 is 11.9 Å². The van der Waals surface area contributed by atoms with Crippen LogP contribution in [0.15, 0.2) is 42.5 Å². The van der Waals surface area contributed by atoms with Gasteiger partial charge in [0.1, 0.15) is 0 Å². The molecule has 1 aromatic carbocycles. The van der Waals surface area contributed by atoms with Gasteiger partial charge in [-0.1, -0.05) is 77.1 Å². The number of hydrogen-bond donors (Lipinski definition) is 2. The summed E-state index contributed by atoms with van der Waals surface area (Å²) in [6, 6.07) is 8.59. The zero-order valence-corrected chi connectivity index (χ0v) is 34.6. The first kappa shape index (κ1) is 38.8. The van der Waals surface area contributed by atoms with E-state index in [9.17, 15) is 5.11 Å². The van der Waals surface area contributed by atoms with Gasteiger partial charge < -0.3 is 19.9 Å². The number of nitrogens with zero attached hydrogens (tertiary/aromatic N) is 1. The summed E-state index contributed by atoms with van der Waals surface area (Å²) in [5, 5.41) is 15.1. The number of ether oxygens (including phenoxy) is 2. The number of aliphatic hydroxyl groups excluding tert-OH is 1. The van der Waals surface area contributed by atoms with Crippen molar-refractivity contribution in [1.29, 1.82) is 0 Å². The van der Waals surface area contributed by atoms with Crippen molar-refractivity contribution in [3.05, 3.63) is 53.6 Å². The van der Waals surface area contributed by atoms with Gasteiger partial charge in [0, 0.05) is 24.2 Å².